The molecule has 3 rings (SSSR count). The van der Waals surface area contributed by atoms with E-state index in [4.69, 9.17) is 12.2 Å². The van der Waals surface area contributed by atoms with E-state index in [0.717, 1.165) is 28.0 Å². The Morgan fingerprint density at radius 3 is 2.58 bits per heavy atom. The smallest absolute Gasteiger partial charge is 0.257 e. The second-order valence-electron chi connectivity index (χ2n) is 5.63. The van der Waals surface area contributed by atoms with Crippen LogP contribution in [0.15, 0.2) is 48.5 Å². The Morgan fingerprint density at radius 2 is 1.83 bits per heavy atom. The molecule has 0 radical (unpaired) electrons. The molecule has 0 unspecified atom stereocenters. The van der Waals surface area contributed by atoms with Crippen LogP contribution >= 0.6 is 34.8 Å². The first-order valence-corrected chi connectivity index (χ1v) is 9.34. The van der Waals surface area contributed by atoms with Crippen LogP contribution in [0.25, 0.3) is 0 Å². The van der Waals surface area contributed by atoms with Crippen molar-refractivity contribution in [3.8, 4) is 0 Å². The molecule has 0 saturated carbocycles. The number of anilines is 2. The largest absolute Gasteiger partial charge is 0.370 e. The topological polar surface area (TPSA) is 44.4 Å². The number of hydrogen-bond donors (Lipinski definition) is 2. The number of halogens is 1. The predicted molar refractivity (Wildman–Crippen MR) is 111 cm³/mol. The van der Waals surface area contributed by atoms with Crippen LogP contribution in [0.2, 0.25) is 0 Å². The summed E-state index contributed by atoms with van der Waals surface area (Å²) in [6.07, 6.45) is 2.42. The summed E-state index contributed by atoms with van der Waals surface area (Å²) in [6, 6.07) is 15.5. The van der Waals surface area contributed by atoms with E-state index in [0.29, 0.717) is 10.7 Å². The molecular weight excluding hydrogens is 433 g/mol. The molecule has 1 fully saturated rings. The van der Waals surface area contributed by atoms with Gasteiger partial charge in [0.1, 0.15) is 0 Å². The minimum absolute atomic E-state index is 0.204. The first-order valence-electron chi connectivity index (χ1n) is 7.85. The van der Waals surface area contributed by atoms with Gasteiger partial charge in [-0.15, -0.1) is 0 Å². The Labute approximate surface area is 160 Å². The third-order valence-corrected chi connectivity index (χ3v) is 4.79. The van der Waals surface area contributed by atoms with Crippen LogP contribution in [0.4, 0.5) is 11.4 Å². The van der Waals surface area contributed by atoms with Crippen molar-refractivity contribution >= 4 is 57.2 Å². The Morgan fingerprint density at radius 1 is 1.08 bits per heavy atom. The lowest BCUT2D eigenvalue weighted by Crippen LogP contribution is -2.34. The number of rotatable bonds is 3. The highest BCUT2D eigenvalue weighted by Crippen LogP contribution is 2.28. The average molecular weight is 451 g/mol. The second kappa shape index (κ2) is 7.94. The fraction of sp³-hybridized carbons (Fsp3) is 0.222. The van der Waals surface area contributed by atoms with Crippen LogP contribution in [-0.2, 0) is 0 Å². The Hall–Kier alpha value is -1.67. The summed E-state index contributed by atoms with van der Waals surface area (Å²) in [6.45, 7) is 2.11. The average Bonchev–Trinajstić information content (AvgIpc) is 3.09. The number of carbonyl (C=O) groups is 1. The molecule has 1 amide bonds. The van der Waals surface area contributed by atoms with E-state index in [-0.39, 0.29) is 5.91 Å². The SMILES string of the molecule is O=C(NC(=S)Nc1ccccc1N1CCCC1)c1cccc(I)c1. The zero-order chi connectivity index (χ0) is 16.9. The molecule has 4 nitrogen and oxygen atoms in total. The van der Waals surface area contributed by atoms with Crippen LogP contribution in [0.5, 0.6) is 0 Å². The van der Waals surface area contributed by atoms with Crippen LogP contribution in [0.3, 0.4) is 0 Å². The highest BCUT2D eigenvalue weighted by Gasteiger charge is 2.16. The van der Waals surface area contributed by atoms with Gasteiger partial charge in [0, 0.05) is 22.2 Å². The summed E-state index contributed by atoms with van der Waals surface area (Å²) in [5.74, 6) is -0.204. The Balaban J connectivity index is 1.68. The maximum atomic E-state index is 12.3. The van der Waals surface area contributed by atoms with E-state index in [2.05, 4.69) is 44.2 Å². The summed E-state index contributed by atoms with van der Waals surface area (Å²) in [5, 5.41) is 6.22. The van der Waals surface area contributed by atoms with Crippen LogP contribution < -0.4 is 15.5 Å². The number of amides is 1. The summed E-state index contributed by atoms with van der Waals surface area (Å²) >= 11 is 7.50. The van der Waals surface area contributed by atoms with E-state index in [1.165, 1.54) is 12.8 Å². The van der Waals surface area contributed by atoms with Gasteiger partial charge in [-0.2, -0.15) is 0 Å². The number of hydrogen-bond acceptors (Lipinski definition) is 3. The zero-order valence-electron chi connectivity index (χ0n) is 13.1. The molecule has 2 aromatic rings. The van der Waals surface area contributed by atoms with Gasteiger partial charge >= 0.3 is 0 Å². The first-order chi connectivity index (χ1) is 11.6. The number of thiocarbonyl (C=S) groups is 1. The molecule has 124 valence electrons. The lowest BCUT2D eigenvalue weighted by Gasteiger charge is -2.22. The van der Waals surface area contributed by atoms with Crippen molar-refractivity contribution in [1.82, 2.24) is 5.32 Å². The lowest BCUT2D eigenvalue weighted by atomic mass is 10.2. The minimum atomic E-state index is -0.204. The predicted octanol–water partition coefficient (Wildman–Crippen LogP) is 4.02. The quantitative estimate of drug-likeness (QED) is 0.547. The van der Waals surface area contributed by atoms with Gasteiger partial charge in [-0.3, -0.25) is 10.1 Å². The maximum Gasteiger partial charge on any atom is 0.257 e. The fourth-order valence-electron chi connectivity index (χ4n) is 2.77. The molecule has 24 heavy (non-hydrogen) atoms. The lowest BCUT2D eigenvalue weighted by molar-refractivity contribution is 0.0977. The summed E-state index contributed by atoms with van der Waals surface area (Å²) in [7, 11) is 0. The molecule has 0 aromatic heterocycles. The van der Waals surface area contributed by atoms with Crippen molar-refractivity contribution in [3.05, 3.63) is 57.7 Å². The van der Waals surface area contributed by atoms with Crippen molar-refractivity contribution in [2.75, 3.05) is 23.3 Å². The van der Waals surface area contributed by atoms with E-state index >= 15 is 0 Å². The minimum Gasteiger partial charge on any atom is -0.370 e. The Bertz CT molecular complexity index is 759. The highest BCUT2D eigenvalue weighted by molar-refractivity contribution is 14.1. The summed E-state index contributed by atoms with van der Waals surface area (Å²) < 4.78 is 1.01. The van der Waals surface area contributed by atoms with Crippen LogP contribution in [-0.4, -0.2) is 24.1 Å². The van der Waals surface area contributed by atoms with Gasteiger partial charge in [-0.1, -0.05) is 18.2 Å². The van der Waals surface area contributed by atoms with E-state index < -0.39 is 0 Å². The Kier molecular flexibility index (Phi) is 5.68. The van der Waals surface area contributed by atoms with Gasteiger partial charge in [0.05, 0.1) is 11.4 Å². The third kappa shape index (κ3) is 4.24. The van der Waals surface area contributed by atoms with Gasteiger partial charge in [0.2, 0.25) is 0 Å². The molecular formula is C18H18IN3OS. The van der Waals surface area contributed by atoms with E-state index in [1.807, 2.05) is 36.4 Å². The summed E-state index contributed by atoms with van der Waals surface area (Å²) in [5.41, 5.74) is 2.65. The van der Waals surface area contributed by atoms with Crippen molar-refractivity contribution in [3.63, 3.8) is 0 Å². The van der Waals surface area contributed by atoms with Gasteiger partial charge in [0.15, 0.2) is 5.11 Å². The van der Waals surface area contributed by atoms with Crippen molar-refractivity contribution in [1.29, 1.82) is 0 Å². The third-order valence-electron chi connectivity index (χ3n) is 3.91. The molecule has 1 aliphatic heterocycles. The number of nitrogens with one attached hydrogen (secondary N) is 2. The molecule has 0 atom stereocenters. The van der Waals surface area contributed by atoms with Crippen LogP contribution in [0.1, 0.15) is 23.2 Å². The molecule has 2 N–H and O–H groups in total. The molecule has 0 spiro atoms. The summed E-state index contributed by atoms with van der Waals surface area (Å²) in [4.78, 5) is 14.6. The molecule has 6 heteroatoms. The highest BCUT2D eigenvalue weighted by atomic mass is 127. The molecule has 1 heterocycles. The zero-order valence-corrected chi connectivity index (χ0v) is 16.1. The van der Waals surface area contributed by atoms with Crippen molar-refractivity contribution in [2.24, 2.45) is 0 Å². The van der Waals surface area contributed by atoms with Gasteiger partial charge < -0.3 is 10.2 Å². The first kappa shape index (κ1) is 17.2. The maximum absolute atomic E-state index is 12.3. The van der Waals surface area contributed by atoms with Gasteiger partial charge in [-0.05, 0) is 78.0 Å². The molecule has 0 bridgehead atoms. The number of para-hydroxylation sites is 2. The number of carbonyl (C=O) groups excluding carboxylic acids is 1. The van der Waals surface area contributed by atoms with E-state index in [9.17, 15) is 4.79 Å². The van der Waals surface area contributed by atoms with Crippen molar-refractivity contribution < 1.29 is 4.79 Å². The monoisotopic (exact) mass is 451 g/mol. The van der Waals surface area contributed by atoms with Crippen molar-refractivity contribution in [2.45, 2.75) is 12.8 Å². The fourth-order valence-corrected chi connectivity index (χ4v) is 3.52. The molecule has 0 aliphatic carbocycles. The second-order valence-corrected chi connectivity index (χ2v) is 7.28. The normalized spacial score (nSPS) is 13.6. The molecule has 1 aliphatic rings. The standard InChI is InChI=1S/C18H18IN3OS/c19-14-7-5-6-13(12-14)17(23)21-18(24)20-15-8-1-2-9-16(15)22-10-3-4-11-22/h1-2,5-9,12H,3-4,10-11H2,(H2,20,21,23,24). The van der Waals surface area contributed by atoms with Crippen LogP contribution in [0, 0.1) is 3.57 Å². The van der Waals surface area contributed by atoms with E-state index in [1.54, 1.807) is 6.07 Å². The molecule has 2 aromatic carbocycles. The molecule has 1 saturated heterocycles. The van der Waals surface area contributed by atoms with Gasteiger partial charge in [0.25, 0.3) is 5.91 Å². The number of nitrogens with zero attached hydrogens (tertiary/aromatic N) is 1. The number of benzene rings is 2. The van der Waals surface area contributed by atoms with Gasteiger partial charge in [-0.25, -0.2) is 0 Å².